The Morgan fingerprint density at radius 1 is 1.30 bits per heavy atom. The van der Waals surface area contributed by atoms with Gasteiger partial charge >= 0.3 is 0 Å². The molecule has 2 aromatic heterocycles. The van der Waals surface area contributed by atoms with Crippen LogP contribution in [0.5, 0.6) is 11.5 Å². The van der Waals surface area contributed by atoms with Crippen molar-refractivity contribution in [3.8, 4) is 34.0 Å². The average Bonchev–Trinajstić information content (AvgIpc) is 2.92. The van der Waals surface area contributed by atoms with Crippen LogP contribution >= 0.6 is 0 Å². The molecule has 0 amide bonds. The summed E-state index contributed by atoms with van der Waals surface area (Å²) in [7, 11) is 1.57. The van der Waals surface area contributed by atoms with Gasteiger partial charge in [0, 0.05) is 30.1 Å². The summed E-state index contributed by atoms with van der Waals surface area (Å²) >= 11 is 0. The van der Waals surface area contributed by atoms with Crippen LogP contribution in [0.1, 0.15) is 11.4 Å². The molecule has 1 N–H and O–H groups in total. The van der Waals surface area contributed by atoms with Crippen molar-refractivity contribution in [2.24, 2.45) is 0 Å². The average molecular weight is 307 g/mol. The van der Waals surface area contributed by atoms with Crippen molar-refractivity contribution < 1.29 is 9.84 Å². The number of fused-ring (bicyclic) bond motifs is 3. The first-order chi connectivity index (χ1) is 11.2. The number of nitrogens with zero attached hydrogens (tertiary/aromatic N) is 3. The highest BCUT2D eigenvalue weighted by atomic mass is 16.5. The van der Waals surface area contributed by atoms with Crippen LogP contribution in [0.4, 0.5) is 0 Å². The Morgan fingerprint density at radius 3 is 2.91 bits per heavy atom. The predicted molar refractivity (Wildman–Crippen MR) is 87.6 cm³/mol. The van der Waals surface area contributed by atoms with E-state index in [1.165, 1.54) is 0 Å². The molecule has 3 heterocycles. The first-order valence-electron chi connectivity index (χ1n) is 7.57. The molecule has 0 saturated heterocycles. The predicted octanol–water partition coefficient (Wildman–Crippen LogP) is 3.19. The van der Waals surface area contributed by atoms with E-state index in [4.69, 9.17) is 9.72 Å². The fraction of sp³-hybridized carbons (Fsp3) is 0.222. The highest BCUT2D eigenvalue weighted by molar-refractivity contribution is 5.82. The smallest absolute Gasteiger partial charge is 0.160 e. The highest BCUT2D eigenvalue weighted by Gasteiger charge is 2.25. The zero-order chi connectivity index (χ0) is 16.0. The zero-order valence-electron chi connectivity index (χ0n) is 13.1. The summed E-state index contributed by atoms with van der Waals surface area (Å²) in [5, 5.41) is 10.2. The van der Waals surface area contributed by atoms with Crippen molar-refractivity contribution in [3.63, 3.8) is 0 Å². The lowest BCUT2D eigenvalue weighted by Gasteiger charge is -2.22. The molecule has 1 aromatic carbocycles. The van der Waals surface area contributed by atoms with E-state index in [0.717, 1.165) is 46.9 Å². The van der Waals surface area contributed by atoms with E-state index in [1.807, 2.05) is 31.3 Å². The summed E-state index contributed by atoms with van der Waals surface area (Å²) < 4.78 is 7.44. The standard InChI is InChI=1S/C18H17N3O2/c1-11-20-17(13-4-3-6-19-10-13)18-14-9-15(22)16(23-2)8-12(14)5-7-21(11)18/h3-4,6,8-10,22H,5,7H2,1-2H3. The second-order valence-corrected chi connectivity index (χ2v) is 5.68. The van der Waals surface area contributed by atoms with Gasteiger partial charge in [-0.25, -0.2) is 4.98 Å². The minimum absolute atomic E-state index is 0.149. The SMILES string of the molecule is COc1cc2c(cc1O)-c1c(-c3cccnc3)nc(C)n1CC2. The maximum Gasteiger partial charge on any atom is 0.160 e. The molecule has 0 unspecified atom stereocenters. The van der Waals surface area contributed by atoms with Crippen LogP contribution in [0.25, 0.3) is 22.5 Å². The number of phenols is 1. The molecule has 1 aliphatic rings. The van der Waals surface area contributed by atoms with Gasteiger partial charge in [-0.1, -0.05) is 0 Å². The van der Waals surface area contributed by atoms with Crippen LogP contribution in [-0.2, 0) is 13.0 Å². The van der Waals surface area contributed by atoms with Gasteiger partial charge in [-0.2, -0.15) is 0 Å². The Bertz CT molecular complexity index is 885. The first kappa shape index (κ1) is 13.8. The molecule has 0 radical (unpaired) electrons. The summed E-state index contributed by atoms with van der Waals surface area (Å²) in [5.74, 6) is 1.63. The van der Waals surface area contributed by atoms with Crippen molar-refractivity contribution in [2.45, 2.75) is 19.9 Å². The number of aromatic hydroxyl groups is 1. The quantitative estimate of drug-likeness (QED) is 0.790. The van der Waals surface area contributed by atoms with Crippen molar-refractivity contribution >= 4 is 0 Å². The van der Waals surface area contributed by atoms with E-state index in [1.54, 1.807) is 19.4 Å². The maximum atomic E-state index is 10.2. The molecule has 4 rings (SSSR count). The third kappa shape index (κ3) is 2.08. The van der Waals surface area contributed by atoms with Gasteiger partial charge in [-0.3, -0.25) is 4.98 Å². The molecule has 23 heavy (non-hydrogen) atoms. The number of methoxy groups -OCH3 is 1. The lowest BCUT2D eigenvalue weighted by molar-refractivity contribution is 0.373. The summed E-state index contributed by atoms with van der Waals surface area (Å²) in [6.07, 6.45) is 4.46. The molecular formula is C18H17N3O2. The number of pyridine rings is 1. The number of imidazole rings is 1. The molecule has 0 saturated carbocycles. The Kier molecular flexibility index (Phi) is 3.08. The Balaban J connectivity index is 1.98. The molecule has 0 bridgehead atoms. The van der Waals surface area contributed by atoms with Crippen LogP contribution in [0, 0.1) is 6.92 Å². The van der Waals surface area contributed by atoms with Gasteiger partial charge in [0.15, 0.2) is 11.5 Å². The molecular weight excluding hydrogens is 290 g/mol. The van der Waals surface area contributed by atoms with Gasteiger partial charge in [0.25, 0.3) is 0 Å². The number of hydrogen-bond acceptors (Lipinski definition) is 4. The van der Waals surface area contributed by atoms with E-state index < -0.39 is 0 Å². The van der Waals surface area contributed by atoms with Gasteiger partial charge in [0.05, 0.1) is 18.5 Å². The third-order valence-electron chi connectivity index (χ3n) is 4.36. The second kappa shape index (κ2) is 5.12. The Morgan fingerprint density at radius 2 is 2.17 bits per heavy atom. The first-order valence-corrected chi connectivity index (χ1v) is 7.57. The molecule has 3 aromatic rings. The molecule has 5 nitrogen and oxygen atoms in total. The van der Waals surface area contributed by atoms with E-state index in [-0.39, 0.29) is 5.75 Å². The number of benzene rings is 1. The van der Waals surface area contributed by atoms with Crippen molar-refractivity contribution in [1.29, 1.82) is 0 Å². The summed E-state index contributed by atoms with van der Waals surface area (Å²) in [6.45, 7) is 2.88. The number of aromatic nitrogens is 3. The molecule has 0 spiro atoms. The van der Waals surface area contributed by atoms with E-state index in [0.29, 0.717) is 5.75 Å². The van der Waals surface area contributed by atoms with E-state index in [2.05, 4.69) is 9.55 Å². The number of aryl methyl sites for hydroxylation is 2. The summed E-state index contributed by atoms with van der Waals surface area (Å²) in [6, 6.07) is 7.61. The highest BCUT2D eigenvalue weighted by Crippen LogP contribution is 2.42. The second-order valence-electron chi connectivity index (χ2n) is 5.68. The lowest BCUT2D eigenvalue weighted by Crippen LogP contribution is -2.12. The van der Waals surface area contributed by atoms with Gasteiger partial charge in [-0.05, 0) is 43.2 Å². The molecule has 0 aliphatic carbocycles. The number of ether oxygens (including phenoxy) is 1. The molecule has 0 fully saturated rings. The van der Waals surface area contributed by atoms with Crippen LogP contribution < -0.4 is 4.74 Å². The number of hydrogen-bond donors (Lipinski definition) is 1. The zero-order valence-corrected chi connectivity index (χ0v) is 13.1. The fourth-order valence-electron chi connectivity index (χ4n) is 3.25. The van der Waals surface area contributed by atoms with Crippen LogP contribution in [0.3, 0.4) is 0 Å². The van der Waals surface area contributed by atoms with Crippen molar-refractivity contribution in [1.82, 2.24) is 14.5 Å². The monoisotopic (exact) mass is 307 g/mol. The molecule has 1 aliphatic heterocycles. The summed E-state index contributed by atoms with van der Waals surface area (Å²) in [4.78, 5) is 8.95. The van der Waals surface area contributed by atoms with Crippen LogP contribution in [0.15, 0.2) is 36.7 Å². The van der Waals surface area contributed by atoms with E-state index in [9.17, 15) is 5.11 Å². The lowest BCUT2D eigenvalue weighted by atomic mass is 9.95. The van der Waals surface area contributed by atoms with Crippen molar-refractivity contribution in [2.75, 3.05) is 7.11 Å². The number of rotatable bonds is 2. The van der Waals surface area contributed by atoms with Gasteiger partial charge in [0.2, 0.25) is 0 Å². The Labute approximate surface area is 134 Å². The fourth-order valence-corrected chi connectivity index (χ4v) is 3.25. The molecule has 116 valence electrons. The van der Waals surface area contributed by atoms with E-state index >= 15 is 0 Å². The van der Waals surface area contributed by atoms with Crippen LogP contribution in [-0.4, -0.2) is 26.8 Å². The van der Waals surface area contributed by atoms with Gasteiger partial charge in [-0.15, -0.1) is 0 Å². The Hall–Kier alpha value is -2.82. The minimum Gasteiger partial charge on any atom is -0.504 e. The largest absolute Gasteiger partial charge is 0.504 e. The molecule has 0 atom stereocenters. The van der Waals surface area contributed by atoms with Gasteiger partial charge in [0.1, 0.15) is 5.82 Å². The topological polar surface area (TPSA) is 60.2 Å². The van der Waals surface area contributed by atoms with Crippen molar-refractivity contribution in [3.05, 3.63) is 48.0 Å². The normalized spacial score (nSPS) is 12.6. The summed E-state index contributed by atoms with van der Waals surface area (Å²) in [5.41, 5.74) is 5.09. The number of phenolic OH excluding ortho intramolecular Hbond substituents is 1. The van der Waals surface area contributed by atoms with Crippen LogP contribution in [0.2, 0.25) is 0 Å². The van der Waals surface area contributed by atoms with Gasteiger partial charge < -0.3 is 14.4 Å². The molecule has 5 heteroatoms. The third-order valence-corrected chi connectivity index (χ3v) is 4.36. The minimum atomic E-state index is 0.149. The maximum absolute atomic E-state index is 10.2.